The molecule has 20 heavy (non-hydrogen) atoms. The van der Waals surface area contributed by atoms with E-state index in [4.69, 9.17) is 5.73 Å². The van der Waals surface area contributed by atoms with Crippen LogP contribution in [0.1, 0.15) is 29.7 Å². The van der Waals surface area contributed by atoms with E-state index in [1.807, 2.05) is 30.7 Å². The molecule has 4 nitrogen and oxygen atoms in total. The summed E-state index contributed by atoms with van der Waals surface area (Å²) >= 11 is 1.54. The summed E-state index contributed by atoms with van der Waals surface area (Å²) < 4.78 is 27.7. The molecule has 0 saturated heterocycles. The van der Waals surface area contributed by atoms with Gasteiger partial charge in [0.1, 0.15) is 0 Å². The van der Waals surface area contributed by atoms with Crippen molar-refractivity contribution in [2.45, 2.75) is 31.7 Å². The largest absolute Gasteiger partial charge is 0.399 e. The minimum absolute atomic E-state index is 0.247. The van der Waals surface area contributed by atoms with E-state index in [0.29, 0.717) is 5.69 Å². The van der Waals surface area contributed by atoms with Gasteiger partial charge in [-0.3, -0.25) is 0 Å². The lowest BCUT2D eigenvalue weighted by atomic mass is 10.1. The summed E-state index contributed by atoms with van der Waals surface area (Å²) in [6.07, 6.45) is 0. The molecule has 0 amide bonds. The monoisotopic (exact) mass is 310 g/mol. The van der Waals surface area contributed by atoms with Crippen LogP contribution in [-0.2, 0) is 10.0 Å². The molecule has 1 atom stereocenters. The number of hydrogen-bond donors (Lipinski definition) is 2. The summed E-state index contributed by atoms with van der Waals surface area (Å²) in [5.41, 5.74) is 8.77. The van der Waals surface area contributed by atoms with Crippen LogP contribution in [0.5, 0.6) is 0 Å². The van der Waals surface area contributed by atoms with Crippen LogP contribution in [0.4, 0.5) is 5.69 Å². The van der Waals surface area contributed by atoms with Crippen molar-refractivity contribution in [3.63, 3.8) is 0 Å². The molecular formula is C14H18N2O2S2. The quantitative estimate of drug-likeness (QED) is 0.853. The maximum Gasteiger partial charge on any atom is 0.241 e. The van der Waals surface area contributed by atoms with Crippen molar-refractivity contribution in [3.05, 3.63) is 45.6 Å². The van der Waals surface area contributed by atoms with Crippen LogP contribution in [-0.4, -0.2) is 8.42 Å². The van der Waals surface area contributed by atoms with E-state index in [0.717, 1.165) is 16.7 Å². The van der Waals surface area contributed by atoms with Crippen LogP contribution in [0.15, 0.2) is 33.9 Å². The standard InChI is InChI=1S/C14H18N2O2S2/c1-9-6-13(15)7-14(10(9)2)20(17,18)16-11(3)12-4-5-19-8-12/h4-8,11,16H,15H2,1-3H3. The lowest BCUT2D eigenvalue weighted by Crippen LogP contribution is -2.27. The molecule has 3 N–H and O–H groups in total. The fourth-order valence-electron chi connectivity index (χ4n) is 2.02. The van der Waals surface area contributed by atoms with Gasteiger partial charge in [-0.1, -0.05) is 0 Å². The van der Waals surface area contributed by atoms with E-state index in [1.165, 1.54) is 6.07 Å². The minimum atomic E-state index is -3.59. The second kappa shape index (κ2) is 5.55. The topological polar surface area (TPSA) is 72.2 Å². The number of hydrogen-bond acceptors (Lipinski definition) is 4. The van der Waals surface area contributed by atoms with Crippen LogP contribution in [0, 0.1) is 13.8 Å². The molecule has 0 aliphatic heterocycles. The fraction of sp³-hybridized carbons (Fsp3) is 0.286. The zero-order valence-electron chi connectivity index (χ0n) is 11.7. The number of nitrogens with two attached hydrogens (primary N) is 1. The highest BCUT2D eigenvalue weighted by molar-refractivity contribution is 7.89. The molecule has 1 aromatic carbocycles. The fourth-order valence-corrected chi connectivity index (χ4v) is 4.36. The second-order valence-electron chi connectivity index (χ2n) is 4.86. The van der Waals surface area contributed by atoms with Crippen molar-refractivity contribution >= 4 is 27.0 Å². The van der Waals surface area contributed by atoms with Gasteiger partial charge in [-0.2, -0.15) is 11.3 Å². The van der Waals surface area contributed by atoms with Crippen molar-refractivity contribution < 1.29 is 8.42 Å². The molecule has 1 unspecified atom stereocenters. The molecule has 6 heteroatoms. The summed E-state index contributed by atoms with van der Waals surface area (Å²) in [5.74, 6) is 0. The Hall–Kier alpha value is -1.37. The Kier molecular flexibility index (Phi) is 4.17. The average Bonchev–Trinajstić information content (AvgIpc) is 2.86. The Morgan fingerprint density at radius 2 is 2.00 bits per heavy atom. The first-order chi connectivity index (χ1) is 9.31. The summed E-state index contributed by atoms with van der Waals surface area (Å²) in [6.45, 7) is 5.47. The molecule has 2 aromatic rings. The van der Waals surface area contributed by atoms with Gasteiger partial charge in [0, 0.05) is 11.7 Å². The molecule has 0 bridgehead atoms. The zero-order chi connectivity index (χ0) is 14.9. The van der Waals surface area contributed by atoms with Crippen LogP contribution < -0.4 is 10.5 Å². The zero-order valence-corrected chi connectivity index (χ0v) is 13.3. The van der Waals surface area contributed by atoms with Gasteiger partial charge in [0.05, 0.1) is 4.90 Å². The predicted molar refractivity (Wildman–Crippen MR) is 83.4 cm³/mol. The maximum atomic E-state index is 12.5. The molecule has 0 spiro atoms. The lowest BCUT2D eigenvalue weighted by molar-refractivity contribution is 0.566. The van der Waals surface area contributed by atoms with Gasteiger partial charge in [-0.25, -0.2) is 13.1 Å². The highest BCUT2D eigenvalue weighted by atomic mass is 32.2. The van der Waals surface area contributed by atoms with E-state index < -0.39 is 10.0 Å². The lowest BCUT2D eigenvalue weighted by Gasteiger charge is -2.16. The summed E-state index contributed by atoms with van der Waals surface area (Å²) in [6, 6.07) is 4.92. The number of anilines is 1. The average molecular weight is 310 g/mol. The Bertz CT molecular complexity index is 707. The molecule has 1 aromatic heterocycles. The van der Waals surface area contributed by atoms with Crippen molar-refractivity contribution in [3.8, 4) is 0 Å². The van der Waals surface area contributed by atoms with Gasteiger partial charge in [-0.15, -0.1) is 0 Å². The third-order valence-corrected chi connectivity index (χ3v) is 5.68. The number of nitrogens with one attached hydrogen (secondary N) is 1. The molecule has 0 aliphatic carbocycles. The Balaban J connectivity index is 2.36. The van der Waals surface area contributed by atoms with Crippen molar-refractivity contribution in [1.29, 1.82) is 0 Å². The number of thiophene rings is 1. The van der Waals surface area contributed by atoms with Gasteiger partial charge in [0.15, 0.2) is 0 Å². The third kappa shape index (κ3) is 3.03. The normalized spacial score (nSPS) is 13.3. The summed E-state index contributed by atoms with van der Waals surface area (Å²) in [5, 5.41) is 3.86. The minimum Gasteiger partial charge on any atom is -0.399 e. The van der Waals surface area contributed by atoms with Crippen LogP contribution >= 0.6 is 11.3 Å². The van der Waals surface area contributed by atoms with Gasteiger partial charge in [0.2, 0.25) is 10.0 Å². The first-order valence-corrected chi connectivity index (χ1v) is 8.65. The first kappa shape index (κ1) is 15.0. The second-order valence-corrected chi connectivity index (χ2v) is 7.32. The molecular weight excluding hydrogens is 292 g/mol. The number of benzene rings is 1. The first-order valence-electron chi connectivity index (χ1n) is 6.22. The number of nitrogen functional groups attached to an aromatic ring is 1. The smallest absolute Gasteiger partial charge is 0.241 e. The summed E-state index contributed by atoms with van der Waals surface area (Å²) in [7, 11) is -3.59. The summed E-state index contributed by atoms with van der Waals surface area (Å²) in [4.78, 5) is 0.247. The number of rotatable bonds is 4. The molecule has 2 rings (SSSR count). The van der Waals surface area contributed by atoms with Gasteiger partial charge < -0.3 is 5.73 Å². The molecule has 1 heterocycles. The number of sulfonamides is 1. The molecule has 0 aliphatic rings. The van der Waals surface area contributed by atoms with Crippen LogP contribution in [0.25, 0.3) is 0 Å². The Morgan fingerprint density at radius 3 is 2.60 bits per heavy atom. The van der Waals surface area contributed by atoms with Crippen molar-refractivity contribution in [2.75, 3.05) is 5.73 Å². The van der Waals surface area contributed by atoms with Gasteiger partial charge in [0.25, 0.3) is 0 Å². The van der Waals surface area contributed by atoms with E-state index in [9.17, 15) is 8.42 Å². The molecule has 0 fully saturated rings. The molecule has 0 radical (unpaired) electrons. The van der Waals surface area contributed by atoms with E-state index in [1.54, 1.807) is 24.3 Å². The number of aryl methyl sites for hydroxylation is 1. The molecule has 0 saturated carbocycles. The predicted octanol–water partition coefficient (Wildman–Crippen LogP) is 2.99. The van der Waals surface area contributed by atoms with Crippen LogP contribution in [0.2, 0.25) is 0 Å². The Morgan fingerprint density at radius 1 is 1.30 bits per heavy atom. The molecule has 108 valence electrons. The van der Waals surface area contributed by atoms with E-state index in [2.05, 4.69) is 4.72 Å². The highest BCUT2D eigenvalue weighted by Crippen LogP contribution is 2.24. The highest BCUT2D eigenvalue weighted by Gasteiger charge is 2.21. The third-order valence-electron chi connectivity index (χ3n) is 3.31. The van der Waals surface area contributed by atoms with Crippen molar-refractivity contribution in [1.82, 2.24) is 4.72 Å². The SMILES string of the molecule is Cc1cc(N)cc(S(=O)(=O)NC(C)c2ccsc2)c1C. The van der Waals surface area contributed by atoms with E-state index >= 15 is 0 Å². The maximum absolute atomic E-state index is 12.5. The van der Waals surface area contributed by atoms with E-state index in [-0.39, 0.29) is 10.9 Å². The van der Waals surface area contributed by atoms with Gasteiger partial charge in [-0.05, 0) is 66.4 Å². The van der Waals surface area contributed by atoms with Crippen LogP contribution in [0.3, 0.4) is 0 Å². The Labute approximate surface area is 123 Å². The van der Waals surface area contributed by atoms with Crippen molar-refractivity contribution in [2.24, 2.45) is 0 Å². The van der Waals surface area contributed by atoms with Gasteiger partial charge >= 0.3 is 0 Å².